The maximum atomic E-state index is 12.7. The Morgan fingerprint density at radius 1 is 1.40 bits per heavy atom. The molecule has 2 atom stereocenters. The lowest BCUT2D eigenvalue weighted by Crippen LogP contribution is -2.51. The lowest BCUT2D eigenvalue weighted by molar-refractivity contribution is -0.139. The molecule has 1 aliphatic rings. The smallest absolute Gasteiger partial charge is 0.305 e. The fourth-order valence-corrected chi connectivity index (χ4v) is 2.80. The number of amides is 1. The van der Waals surface area contributed by atoms with Crippen LogP contribution in [0.2, 0.25) is 0 Å². The van der Waals surface area contributed by atoms with Crippen LogP contribution in [-0.4, -0.2) is 36.1 Å². The molecule has 2 unspecified atom stereocenters. The van der Waals surface area contributed by atoms with Crippen molar-refractivity contribution in [3.63, 3.8) is 0 Å². The molecule has 20 heavy (non-hydrogen) atoms. The van der Waals surface area contributed by atoms with Gasteiger partial charge in [-0.3, -0.25) is 9.59 Å². The molecule has 0 aromatic rings. The van der Waals surface area contributed by atoms with Crippen molar-refractivity contribution >= 4 is 11.9 Å². The Bertz CT molecular complexity index is 355. The van der Waals surface area contributed by atoms with Gasteiger partial charge in [0, 0.05) is 12.6 Å². The van der Waals surface area contributed by atoms with E-state index in [1.54, 1.807) is 0 Å². The second-order valence-electron chi connectivity index (χ2n) is 6.95. The van der Waals surface area contributed by atoms with E-state index in [1.807, 2.05) is 20.8 Å². The van der Waals surface area contributed by atoms with Crippen molar-refractivity contribution in [3.05, 3.63) is 0 Å². The maximum absolute atomic E-state index is 12.7. The SMILES string of the molecule is CCCC1(C(=O)NC(CC(=O)O)C(C)(C)C)CCNC1. The zero-order valence-electron chi connectivity index (χ0n) is 13.1. The number of carboxylic acids is 1. The summed E-state index contributed by atoms with van der Waals surface area (Å²) in [6.07, 6.45) is 2.59. The van der Waals surface area contributed by atoms with E-state index >= 15 is 0 Å². The minimum Gasteiger partial charge on any atom is -0.481 e. The average molecular weight is 284 g/mol. The molecule has 1 aliphatic heterocycles. The summed E-state index contributed by atoms with van der Waals surface area (Å²) >= 11 is 0. The van der Waals surface area contributed by atoms with Gasteiger partial charge in [-0.05, 0) is 24.8 Å². The third kappa shape index (κ3) is 4.20. The molecule has 3 N–H and O–H groups in total. The number of hydrogen-bond donors (Lipinski definition) is 3. The summed E-state index contributed by atoms with van der Waals surface area (Å²) in [6.45, 7) is 9.50. The van der Waals surface area contributed by atoms with Crippen molar-refractivity contribution in [1.82, 2.24) is 10.6 Å². The molecule has 1 saturated heterocycles. The number of nitrogens with one attached hydrogen (secondary N) is 2. The van der Waals surface area contributed by atoms with Gasteiger partial charge >= 0.3 is 5.97 Å². The van der Waals surface area contributed by atoms with E-state index in [-0.39, 0.29) is 29.2 Å². The van der Waals surface area contributed by atoms with Crippen molar-refractivity contribution in [2.45, 2.75) is 59.4 Å². The average Bonchev–Trinajstić information content (AvgIpc) is 2.76. The van der Waals surface area contributed by atoms with Gasteiger partial charge in [0.1, 0.15) is 0 Å². The van der Waals surface area contributed by atoms with Gasteiger partial charge in [-0.1, -0.05) is 34.1 Å². The third-order valence-corrected chi connectivity index (χ3v) is 4.18. The van der Waals surface area contributed by atoms with E-state index in [4.69, 9.17) is 5.11 Å². The fourth-order valence-electron chi connectivity index (χ4n) is 2.80. The monoisotopic (exact) mass is 284 g/mol. The van der Waals surface area contributed by atoms with Gasteiger partial charge in [0.15, 0.2) is 0 Å². The van der Waals surface area contributed by atoms with Crippen LogP contribution in [0.3, 0.4) is 0 Å². The Morgan fingerprint density at radius 2 is 2.05 bits per heavy atom. The predicted octanol–water partition coefficient (Wildman–Crippen LogP) is 1.77. The first-order chi connectivity index (χ1) is 9.21. The van der Waals surface area contributed by atoms with Crippen molar-refractivity contribution < 1.29 is 14.7 Å². The zero-order chi connectivity index (χ0) is 15.4. The van der Waals surface area contributed by atoms with Gasteiger partial charge in [0.2, 0.25) is 5.91 Å². The zero-order valence-corrected chi connectivity index (χ0v) is 13.1. The topological polar surface area (TPSA) is 78.4 Å². The normalized spacial score (nSPS) is 24.4. The molecule has 116 valence electrons. The van der Waals surface area contributed by atoms with Crippen molar-refractivity contribution in [3.8, 4) is 0 Å². The number of hydrogen-bond acceptors (Lipinski definition) is 3. The standard InChI is InChI=1S/C15H28N2O3/c1-5-6-15(7-8-16-10-15)13(20)17-11(9-12(18)19)14(2,3)4/h11,16H,5-10H2,1-4H3,(H,17,20)(H,18,19). The van der Waals surface area contributed by atoms with Crippen LogP contribution >= 0.6 is 0 Å². The Labute approximate surface area is 121 Å². The molecule has 0 aliphatic carbocycles. The molecule has 1 rings (SSSR count). The van der Waals surface area contributed by atoms with Gasteiger partial charge in [0.25, 0.3) is 0 Å². The van der Waals surface area contributed by atoms with Crippen LogP contribution in [0.5, 0.6) is 0 Å². The first-order valence-corrected chi connectivity index (χ1v) is 7.45. The van der Waals surface area contributed by atoms with E-state index in [0.29, 0.717) is 6.54 Å². The highest BCUT2D eigenvalue weighted by Crippen LogP contribution is 2.32. The number of rotatable bonds is 6. The van der Waals surface area contributed by atoms with Crippen molar-refractivity contribution in [2.24, 2.45) is 10.8 Å². The lowest BCUT2D eigenvalue weighted by atomic mass is 9.79. The van der Waals surface area contributed by atoms with Crippen LogP contribution in [0.25, 0.3) is 0 Å². The third-order valence-electron chi connectivity index (χ3n) is 4.18. The Kier molecular flexibility index (Phi) is 5.57. The Morgan fingerprint density at radius 3 is 2.45 bits per heavy atom. The largest absolute Gasteiger partial charge is 0.481 e. The molecular weight excluding hydrogens is 256 g/mol. The van der Waals surface area contributed by atoms with Crippen molar-refractivity contribution in [2.75, 3.05) is 13.1 Å². The molecule has 5 nitrogen and oxygen atoms in total. The minimum absolute atomic E-state index is 0.00512. The van der Waals surface area contributed by atoms with Gasteiger partial charge in [-0.2, -0.15) is 0 Å². The highest BCUT2D eigenvalue weighted by molar-refractivity contribution is 5.84. The Balaban J connectivity index is 2.81. The first-order valence-electron chi connectivity index (χ1n) is 7.45. The van der Waals surface area contributed by atoms with E-state index < -0.39 is 5.97 Å². The molecule has 1 amide bonds. The number of carbonyl (C=O) groups excluding carboxylic acids is 1. The minimum atomic E-state index is -0.876. The summed E-state index contributed by atoms with van der Waals surface area (Å²) in [7, 11) is 0. The number of aliphatic carboxylic acids is 1. The van der Waals surface area contributed by atoms with Gasteiger partial charge in [-0.15, -0.1) is 0 Å². The second-order valence-corrected chi connectivity index (χ2v) is 6.95. The van der Waals surface area contributed by atoms with Crippen LogP contribution in [-0.2, 0) is 9.59 Å². The summed E-state index contributed by atoms with van der Waals surface area (Å²) in [6, 6.07) is -0.346. The number of carbonyl (C=O) groups is 2. The molecule has 0 spiro atoms. The molecule has 0 saturated carbocycles. The van der Waals surface area contributed by atoms with E-state index in [0.717, 1.165) is 25.8 Å². The van der Waals surface area contributed by atoms with Crippen LogP contribution in [0.15, 0.2) is 0 Å². The molecule has 0 radical (unpaired) electrons. The van der Waals surface area contributed by atoms with Crippen LogP contribution in [0.4, 0.5) is 0 Å². The Hall–Kier alpha value is -1.10. The summed E-state index contributed by atoms with van der Waals surface area (Å²) in [5, 5.41) is 15.3. The molecule has 1 fully saturated rings. The lowest BCUT2D eigenvalue weighted by Gasteiger charge is -2.35. The summed E-state index contributed by atoms with van der Waals surface area (Å²) < 4.78 is 0. The van der Waals surface area contributed by atoms with Crippen LogP contribution in [0, 0.1) is 10.8 Å². The quantitative estimate of drug-likeness (QED) is 0.694. The van der Waals surface area contributed by atoms with E-state index in [1.165, 1.54) is 0 Å². The summed E-state index contributed by atoms with van der Waals surface area (Å²) in [5.41, 5.74) is -0.635. The van der Waals surface area contributed by atoms with E-state index in [2.05, 4.69) is 17.6 Å². The summed E-state index contributed by atoms with van der Waals surface area (Å²) in [4.78, 5) is 23.7. The van der Waals surface area contributed by atoms with Crippen molar-refractivity contribution in [1.29, 1.82) is 0 Å². The fraction of sp³-hybridized carbons (Fsp3) is 0.867. The molecule has 0 aromatic heterocycles. The number of carboxylic acid groups (broad SMARTS) is 1. The second kappa shape index (κ2) is 6.57. The van der Waals surface area contributed by atoms with Gasteiger partial charge < -0.3 is 15.7 Å². The molecule has 1 heterocycles. The summed E-state index contributed by atoms with van der Waals surface area (Å²) in [5.74, 6) is -0.871. The van der Waals surface area contributed by atoms with E-state index in [9.17, 15) is 9.59 Å². The molecule has 0 bridgehead atoms. The predicted molar refractivity (Wildman–Crippen MR) is 78.5 cm³/mol. The van der Waals surface area contributed by atoms with Gasteiger partial charge in [0.05, 0.1) is 11.8 Å². The first kappa shape index (κ1) is 17.0. The molecule has 0 aromatic carbocycles. The van der Waals surface area contributed by atoms with Gasteiger partial charge in [-0.25, -0.2) is 0 Å². The maximum Gasteiger partial charge on any atom is 0.305 e. The molecular formula is C15H28N2O3. The molecule has 5 heteroatoms. The van der Waals surface area contributed by atoms with Crippen LogP contribution in [0.1, 0.15) is 53.4 Å². The van der Waals surface area contributed by atoms with Crippen LogP contribution < -0.4 is 10.6 Å². The highest BCUT2D eigenvalue weighted by Gasteiger charge is 2.42. The highest BCUT2D eigenvalue weighted by atomic mass is 16.4.